The van der Waals surface area contributed by atoms with E-state index < -0.39 is 18.0 Å². The molecule has 0 amide bonds. The highest BCUT2D eigenvalue weighted by atomic mass is 19.3. The third-order valence-corrected chi connectivity index (χ3v) is 5.32. The maximum Gasteiger partial charge on any atom is 0.387 e. The first-order valence-electron chi connectivity index (χ1n) is 9.49. The minimum absolute atomic E-state index is 0.124. The van der Waals surface area contributed by atoms with E-state index in [1.54, 1.807) is 25.3 Å². The number of aryl methyl sites for hydroxylation is 1. The fourth-order valence-electron chi connectivity index (χ4n) is 3.91. The van der Waals surface area contributed by atoms with Gasteiger partial charge in [-0.2, -0.15) is 8.78 Å². The maximum absolute atomic E-state index is 13.7. The van der Waals surface area contributed by atoms with E-state index in [9.17, 15) is 13.2 Å². The van der Waals surface area contributed by atoms with Crippen molar-refractivity contribution in [3.63, 3.8) is 0 Å². The van der Waals surface area contributed by atoms with Crippen molar-refractivity contribution < 1.29 is 17.9 Å². The molecule has 154 valence electrons. The number of nitrogens with zero attached hydrogens (tertiary/aromatic N) is 2. The van der Waals surface area contributed by atoms with Crippen molar-refractivity contribution in [3.05, 3.63) is 83.4 Å². The first-order chi connectivity index (χ1) is 14.4. The first kappa shape index (κ1) is 19.9. The number of rotatable bonds is 5. The number of alkyl halides is 2. The number of amidine groups is 1. The Balaban J connectivity index is 1.81. The lowest BCUT2D eigenvalue weighted by molar-refractivity contribution is -0.0503. The van der Waals surface area contributed by atoms with Crippen LogP contribution in [0.1, 0.15) is 29.5 Å². The zero-order valence-electron chi connectivity index (χ0n) is 16.3. The van der Waals surface area contributed by atoms with Crippen LogP contribution in [0.3, 0.4) is 0 Å². The molecule has 4 nitrogen and oxygen atoms in total. The van der Waals surface area contributed by atoms with Crippen LogP contribution in [0, 0.1) is 12.7 Å². The normalized spacial score (nSPS) is 18.5. The van der Waals surface area contributed by atoms with Crippen LogP contribution in [-0.4, -0.2) is 17.4 Å². The van der Waals surface area contributed by atoms with Crippen molar-refractivity contribution >= 4 is 5.84 Å². The molecule has 2 heterocycles. The Morgan fingerprint density at radius 1 is 1.03 bits per heavy atom. The zero-order chi connectivity index (χ0) is 21.3. The van der Waals surface area contributed by atoms with Gasteiger partial charge < -0.3 is 10.5 Å². The second kappa shape index (κ2) is 7.82. The molecular weight excluding hydrogens is 391 g/mol. The lowest BCUT2D eigenvalue weighted by Crippen LogP contribution is -2.23. The Morgan fingerprint density at radius 2 is 1.83 bits per heavy atom. The van der Waals surface area contributed by atoms with Crippen molar-refractivity contribution in [1.82, 2.24) is 4.98 Å². The average molecular weight is 411 g/mol. The number of ether oxygens (including phenoxy) is 1. The number of halogens is 3. The first-order valence-corrected chi connectivity index (χ1v) is 9.49. The molecular formula is C23H20F3N3O. The smallest absolute Gasteiger partial charge is 0.387 e. The van der Waals surface area contributed by atoms with Gasteiger partial charge in [0, 0.05) is 18.2 Å². The van der Waals surface area contributed by atoms with E-state index >= 15 is 0 Å². The van der Waals surface area contributed by atoms with Gasteiger partial charge in [0.1, 0.15) is 17.1 Å². The summed E-state index contributed by atoms with van der Waals surface area (Å²) in [4.78, 5) is 8.68. The molecule has 0 saturated heterocycles. The van der Waals surface area contributed by atoms with Gasteiger partial charge in [0.2, 0.25) is 0 Å². The summed E-state index contributed by atoms with van der Waals surface area (Å²) in [6, 6.07) is 14.1. The molecule has 7 heteroatoms. The van der Waals surface area contributed by atoms with E-state index in [1.165, 1.54) is 12.1 Å². The molecule has 0 aliphatic carbocycles. The second-order valence-corrected chi connectivity index (χ2v) is 7.29. The molecule has 0 spiro atoms. The highest BCUT2D eigenvalue weighted by Gasteiger charge is 2.38. The summed E-state index contributed by atoms with van der Waals surface area (Å²) in [6.45, 7) is -1.17. The van der Waals surface area contributed by atoms with Gasteiger partial charge in [0.15, 0.2) is 0 Å². The maximum atomic E-state index is 13.7. The van der Waals surface area contributed by atoms with Gasteiger partial charge in [0.05, 0.1) is 12.0 Å². The predicted octanol–water partition coefficient (Wildman–Crippen LogP) is 5.19. The van der Waals surface area contributed by atoms with E-state index in [2.05, 4.69) is 9.72 Å². The molecule has 0 fully saturated rings. The number of aromatic nitrogens is 1. The van der Waals surface area contributed by atoms with Crippen LogP contribution in [0.4, 0.5) is 13.2 Å². The Kier molecular flexibility index (Phi) is 5.20. The molecule has 1 aliphatic rings. The molecule has 2 N–H and O–H groups in total. The number of hydrogen-bond acceptors (Lipinski definition) is 4. The summed E-state index contributed by atoms with van der Waals surface area (Å²) < 4.78 is 43.5. The molecule has 0 saturated carbocycles. The van der Waals surface area contributed by atoms with Crippen molar-refractivity contribution in [2.24, 2.45) is 10.7 Å². The SMILES string of the molecule is Cc1cc(C2(c3cccc(-c4cncc(F)c4)c3)CCC(N)=N2)ccc1OC(F)F. The monoisotopic (exact) mass is 411 g/mol. The topological polar surface area (TPSA) is 60.5 Å². The van der Waals surface area contributed by atoms with Crippen molar-refractivity contribution in [3.8, 4) is 16.9 Å². The fraction of sp³-hybridized carbons (Fsp3) is 0.217. The molecule has 1 unspecified atom stereocenters. The molecule has 1 atom stereocenters. The lowest BCUT2D eigenvalue weighted by Gasteiger charge is -2.28. The highest BCUT2D eigenvalue weighted by molar-refractivity contribution is 5.84. The summed E-state index contributed by atoms with van der Waals surface area (Å²) in [6.07, 6.45) is 4.00. The molecule has 1 aliphatic heterocycles. The minimum Gasteiger partial charge on any atom is -0.435 e. The number of aliphatic imine (C=N–C) groups is 1. The van der Waals surface area contributed by atoms with Crippen molar-refractivity contribution in [2.75, 3.05) is 0 Å². The molecule has 3 aromatic rings. The minimum atomic E-state index is -2.89. The number of nitrogens with two attached hydrogens (primary N) is 1. The van der Waals surface area contributed by atoms with E-state index in [1.807, 2.05) is 24.3 Å². The summed E-state index contributed by atoms with van der Waals surface area (Å²) in [5.41, 5.74) is 9.04. The quantitative estimate of drug-likeness (QED) is 0.628. The summed E-state index contributed by atoms with van der Waals surface area (Å²) in [5.74, 6) is 0.234. The van der Waals surface area contributed by atoms with E-state index in [4.69, 9.17) is 10.7 Å². The number of pyridine rings is 1. The van der Waals surface area contributed by atoms with Crippen molar-refractivity contribution in [2.45, 2.75) is 31.9 Å². The molecule has 2 aromatic carbocycles. The van der Waals surface area contributed by atoms with Crippen molar-refractivity contribution in [1.29, 1.82) is 0 Å². The molecule has 0 bridgehead atoms. The predicted molar refractivity (Wildman–Crippen MR) is 109 cm³/mol. The Morgan fingerprint density at radius 3 is 2.50 bits per heavy atom. The van der Waals surface area contributed by atoms with Gasteiger partial charge in [-0.05, 0) is 59.9 Å². The third kappa shape index (κ3) is 3.75. The van der Waals surface area contributed by atoms with Crippen LogP contribution >= 0.6 is 0 Å². The van der Waals surface area contributed by atoms with E-state index in [0.717, 1.165) is 22.9 Å². The number of hydrogen-bond donors (Lipinski definition) is 1. The third-order valence-electron chi connectivity index (χ3n) is 5.32. The van der Waals surface area contributed by atoms with Gasteiger partial charge in [-0.25, -0.2) is 4.39 Å². The van der Waals surface area contributed by atoms with Gasteiger partial charge in [-0.1, -0.05) is 24.3 Å². The number of benzene rings is 2. The van der Waals surface area contributed by atoms with Crippen LogP contribution in [0.5, 0.6) is 5.75 Å². The van der Waals surface area contributed by atoms with Crippen LogP contribution in [-0.2, 0) is 5.54 Å². The Bertz CT molecular complexity index is 1120. The lowest BCUT2D eigenvalue weighted by atomic mass is 9.80. The standard InChI is InChI=1S/C23H20F3N3O/c1-14-9-18(5-6-20(14)30-22(25)26)23(8-7-21(27)29-23)17-4-2-3-15(10-17)16-11-19(24)13-28-12-16/h2-6,9-13,22H,7-8H2,1H3,(H2,27,29). The largest absolute Gasteiger partial charge is 0.435 e. The van der Waals surface area contributed by atoms with E-state index in [-0.39, 0.29) is 5.75 Å². The molecule has 1 aromatic heterocycles. The average Bonchev–Trinajstić information content (AvgIpc) is 3.12. The van der Waals surface area contributed by atoms with Gasteiger partial charge >= 0.3 is 6.61 Å². The van der Waals surface area contributed by atoms with Crippen LogP contribution in [0.2, 0.25) is 0 Å². The van der Waals surface area contributed by atoms with Crippen LogP contribution in [0.25, 0.3) is 11.1 Å². The second-order valence-electron chi connectivity index (χ2n) is 7.29. The molecule has 30 heavy (non-hydrogen) atoms. The fourth-order valence-corrected chi connectivity index (χ4v) is 3.91. The van der Waals surface area contributed by atoms with Gasteiger partial charge in [-0.3, -0.25) is 9.98 Å². The highest BCUT2D eigenvalue weighted by Crippen LogP contribution is 2.44. The molecule has 0 radical (unpaired) electrons. The Hall–Kier alpha value is -3.35. The Labute approximate surface area is 172 Å². The summed E-state index contributed by atoms with van der Waals surface area (Å²) >= 11 is 0. The van der Waals surface area contributed by atoms with Crippen LogP contribution in [0.15, 0.2) is 65.9 Å². The summed E-state index contributed by atoms with van der Waals surface area (Å²) in [5, 5.41) is 0. The zero-order valence-corrected chi connectivity index (χ0v) is 16.3. The van der Waals surface area contributed by atoms with E-state index in [0.29, 0.717) is 29.8 Å². The van der Waals surface area contributed by atoms with Gasteiger partial charge in [-0.15, -0.1) is 0 Å². The van der Waals surface area contributed by atoms with Gasteiger partial charge in [0.25, 0.3) is 0 Å². The molecule has 4 rings (SSSR count). The van der Waals surface area contributed by atoms with Crippen LogP contribution < -0.4 is 10.5 Å². The summed E-state index contributed by atoms with van der Waals surface area (Å²) in [7, 11) is 0.